The number of nitrogens with zero attached hydrogens (tertiary/aromatic N) is 2. The number of hydrogen-bond acceptors (Lipinski definition) is 9. The Kier molecular flexibility index (Phi) is 11.0. The average Bonchev–Trinajstić information content (AvgIpc) is 3.47. The molecule has 55 heavy (non-hydrogen) atoms. The van der Waals surface area contributed by atoms with E-state index in [1.165, 1.54) is 18.1 Å². The van der Waals surface area contributed by atoms with Crippen molar-refractivity contribution in [3.63, 3.8) is 0 Å². The summed E-state index contributed by atoms with van der Waals surface area (Å²) in [6.07, 6.45) is 5.09. The van der Waals surface area contributed by atoms with E-state index >= 15 is 0 Å². The maximum atomic E-state index is 14.8. The lowest BCUT2D eigenvalue weighted by Crippen LogP contribution is -2.57. The van der Waals surface area contributed by atoms with Gasteiger partial charge < -0.3 is 34.5 Å². The van der Waals surface area contributed by atoms with Crippen LogP contribution in [0.15, 0.2) is 64.6 Å². The predicted octanol–water partition coefficient (Wildman–Crippen LogP) is 5.73. The maximum Gasteiger partial charge on any atom is 0.436 e. The fourth-order valence-corrected chi connectivity index (χ4v) is 8.78. The summed E-state index contributed by atoms with van der Waals surface area (Å²) in [5.41, 5.74) is -4.77. The third-order valence-electron chi connectivity index (χ3n) is 10.8. The first-order valence-corrected chi connectivity index (χ1v) is 19.1. The number of allylic oxidation sites excluding steroid dienone is 3. The lowest BCUT2D eigenvalue weighted by molar-refractivity contribution is -0.149. The van der Waals surface area contributed by atoms with Gasteiger partial charge in [-0.2, -0.15) is 13.2 Å². The maximum absolute atomic E-state index is 14.8. The molecule has 1 spiro atoms. The molecule has 2 aliphatic carbocycles. The molecular weight excluding hydrogens is 745 g/mol. The largest absolute Gasteiger partial charge is 0.497 e. The van der Waals surface area contributed by atoms with Gasteiger partial charge in [-0.15, -0.1) is 11.6 Å². The summed E-state index contributed by atoms with van der Waals surface area (Å²) < 4.78 is 66.9. The number of hydrogen-bond donors (Lipinski definition) is 2. The van der Waals surface area contributed by atoms with Crippen molar-refractivity contribution < 1.29 is 51.3 Å². The van der Waals surface area contributed by atoms with Crippen LogP contribution < -0.4 is 10.6 Å². The zero-order valence-electron chi connectivity index (χ0n) is 31.6. The van der Waals surface area contributed by atoms with E-state index in [-0.39, 0.29) is 38.0 Å². The van der Waals surface area contributed by atoms with Crippen molar-refractivity contribution in [3.05, 3.63) is 59.6 Å². The number of dihydropyridines is 1. The van der Waals surface area contributed by atoms with E-state index in [0.717, 1.165) is 6.42 Å². The van der Waals surface area contributed by atoms with Crippen molar-refractivity contribution >= 4 is 41.2 Å². The minimum absolute atomic E-state index is 0.0273. The number of halogens is 4. The van der Waals surface area contributed by atoms with Gasteiger partial charge in [-0.3, -0.25) is 14.6 Å². The molecule has 2 fully saturated rings. The van der Waals surface area contributed by atoms with Crippen molar-refractivity contribution in [2.24, 2.45) is 16.8 Å². The molecule has 1 saturated heterocycles. The standard InChI is InChI=1S/C39H48ClF3N4O8/c1-7-53-34(50)38-21(2)24(38)13-11-9-8-10-12-14-27(45-35(51)55-36(3,4)5)33(49)47-20-37(19-28(47)32(48)46-38)18-25(40)29-23-17-22(52-6)15-16-26(23)44-31(30(29)54-37)39(41,42)43/h11,13,15-17,23-28H,2,7-10,12,14,18-20H2,1,3-6H3,(H,45,51)(H,46,48). The molecule has 0 aromatic rings. The normalized spacial score (nSPS) is 33.7. The Hall–Kier alpha value is -4.27. The number of methoxy groups -OCH3 is 1. The first-order valence-electron chi connectivity index (χ1n) is 18.7. The number of alkyl halides is 4. The molecule has 300 valence electrons. The summed E-state index contributed by atoms with van der Waals surface area (Å²) >= 11 is 7.06. The highest BCUT2D eigenvalue weighted by Gasteiger charge is 2.67. The van der Waals surface area contributed by atoms with Gasteiger partial charge in [-0.1, -0.05) is 37.6 Å². The third-order valence-corrected chi connectivity index (χ3v) is 11.2. The minimum Gasteiger partial charge on any atom is -0.497 e. The van der Waals surface area contributed by atoms with E-state index in [4.69, 9.17) is 30.5 Å². The van der Waals surface area contributed by atoms with Crippen molar-refractivity contribution in [3.8, 4) is 0 Å². The van der Waals surface area contributed by atoms with E-state index in [2.05, 4.69) is 22.2 Å². The van der Waals surface area contributed by atoms with Crippen molar-refractivity contribution in [2.75, 3.05) is 20.3 Å². The molecule has 6 aliphatic rings. The molecular formula is C39H48ClF3N4O8. The SMILES string of the molecule is C=C1C2C=CCCCCCC(NC(=O)OC(C)(C)C)C(=O)N3CC4(CC(Cl)C5=C(O4)C(C(F)(F)F)=NC4C=CC(OC)=CC54)CC3C(=O)NC12C(=O)OCC. The van der Waals surface area contributed by atoms with Crippen LogP contribution in [0.2, 0.25) is 0 Å². The van der Waals surface area contributed by atoms with Crippen LogP contribution in [0, 0.1) is 11.8 Å². The van der Waals surface area contributed by atoms with Gasteiger partial charge in [0.15, 0.2) is 17.0 Å². The number of alkyl carbamates (subject to hydrolysis) is 1. The van der Waals surface area contributed by atoms with Gasteiger partial charge in [0.25, 0.3) is 0 Å². The number of rotatable bonds is 4. The number of esters is 1. The van der Waals surface area contributed by atoms with Gasteiger partial charge in [0.2, 0.25) is 11.8 Å². The lowest BCUT2D eigenvalue weighted by atomic mass is 9.77. The Labute approximate surface area is 323 Å². The van der Waals surface area contributed by atoms with Gasteiger partial charge in [0, 0.05) is 30.3 Å². The molecule has 8 unspecified atom stereocenters. The van der Waals surface area contributed by atoms with Crippen molar-refractivity contribution in [1.82, 2.24) is 15.5 Å². The first-order chi connectivity index (χ1) is 25.8. The summed E-state index contributed by atoms with van der Waals surface area (Å²) in [5.74, 6) is -3.57. The molecule has 4 aliphatic heterocycles. The molecule has 0 aromatic carbocycles. The highest BCUT2D eigenvalue weighted by atomic mass is 35.5. The van der Waals surface area contributed by atoms with Crippen LogP contribution >= 0.6 is 11.6 Å². The summed E-state index contributed by atoms with van der Waals surface area (Å²) in [6, 6.07) is -3.44. The summed E-state index contributed by atoms with van der Waals surface area (Å²) in [5, 5.41) is 4.46. The Bertz CT molecular complexity index is 1780. The van der Waals surface area contributed by atoms with Crippen LogP contribution in [0.4, 0.5) is 18.0 Å². The number of amides is 3. The van der Waals surface area contributed by atoms with Gasteiger partial charge >= 0.3 is 18.2 Å². The molecule has 4 heterocycles. The smallest absolute Gasteiger partial charge is 0.436 e. The Balaban J connectivity index is 1.41. The summed E-state index contributed by atoms with van der Waals surface area (Å²) in [4.78, 5) is 61.0. The van der Waals surface area contributed by atoms with Crippen LogP contribution in [0.1, 0.15) is 72.6 Å². The van der Waals surface area contributed by atoms with Crippen LogP contribution in [-0.2, 0) is 33.3 Å². The van der Waals surface area contributed by atoms with Crippen LogP contribution in [0.5, 0.6) is 0 Å². The Morgan fingerprint density at radius 3 is 2.58 bits per heavy atom. The number of carbonyl (C=O) groups is 4. The quantitative estimate of drug-likeness (QED) is 0.209. The second-order valence-electron chi connectivity index (χ2n) is 15.8. The third kappa shape index (κ3) is 7.90. The van der Waals surface area contributed by atoms with Crippen molar-refractivity contribution in [2.45, 2.75) is 119 Å². The topological polar surface area (TPSA) is 145 Å². The van der Waals surface area contributed by atoms with E-state index in [9.17, 15) is 32.3 Å². The van der Waals surface area contributed by atoms with Crippen molar-refractivity contribution in [1.29, 1.82) is 0 Å². The number of fused-ring (bicyclic) bond motifs is 4. The Morgan fingerprint density at radius 1 is 1.16 bits per heavy atom. The highest BCUT2D eigenvalue weighted by molar-refractivity contribution is 6.23. The summed E-state index contributed by atoms with van der Waals surface area (Å²) in [6.45, 7) is 10.4. The fourth-order valence-electron chi connectivity index (χ4n) is 8.26. The number of carbonyl (C=O) groups excluding carboxylic acids is 4. The first kappa shape index (κ1) is 40.4. The zero-order chi connectivity index (χ0) is 40.1. The van der Waals surface area contributed by atoms with Gasteiger partial charge in [0.1, 0.15) is 29.0 Å². The fraction of sp³-hybridized carbons (Fsp3) is 0.615. The molecule has 6 rings (SSSR count). The zero-order valence-corrected chi connectivity index (χ0v) is 32.4. The van der Waals surface area contributed by atoms with E-state index < -0.39 is 93.6 Å². The monoisotopic (exact) mass is 792 g/mol. The predicted molar refractivity (Wildman–Crippen MR) is 196 cm³/mol. The molecule has 3 amide bonds. The highest BCUT2D eigenvalue weighted by Crippen LogP contribution is 2.53. The van der Waals surface area contributed by atoms with Crippen LogP contribution in [0.3, 0.4) is 0 Å². The van der Waals surface area contributed by atoms with Crippen LogP contribution in [0.25, 0.3) is 0 Å². The molecule has 0 bridgehead atoms. The Morgan fingerprint density at radius 2 is 1.91 bits per heavy atom. The second-order valence-corrected chi connectivity index (χ2v) is 16.4. The van der Waals surface area contributed by atoms with E-state index in [1.807, 2.05) is 6.08 Å². The number of ether oxygens (including phenoxy) is 4. The number of aliphatic imine (C=N–C) groups is 1. The van der Waals surface area contributed by atoms with Gasteiger partial charge in [0.05, 0.1) is 31.7 Å². The molecule has 16 heteroatoms. The minimum atomic E-state index is -4.93. The summed E-state index contributed by atoms with van der Waals surface area (Å²) in [7, 11) is 1.44. The average molecular weight is 793 g/mol. The second kappa shape index (κ2) is 15.0. The molecule has 0 aromatic heterocycles. The molecule has 12 nitrogen and oxygen atoms in total. The van der Waals surface area contributed by atoms with E-state index in [0.29, 0.717) is 30.6 Å². The van der Waals surface area contributed by atoms with Crippen LogP contribution in [-0.4, -0.2) is 101 Å². The molecule has 1 saturated carbocycles. The molecule has 8 atom stereocenters. The van der Waals surface area contributed by atoms with Gasteiger partial charge in [-0.05, 0) is 64.7 Å². The van der Waals surface area contributed by atoms with Gasteiger partial charge in [-0.25, -0.2) is 9.59 Å². The molecule has 2 N–H and O–H groups in total. The lowest BCUT2D eigenvalue weighted by Gasteiger charge is -2.44. The molecule has 0 radical (unpaired) electrons. The van der Waals surface area contributed by atoms with E-state index in [1.54, 1.807) is 45.9 Å². The number of nitrogens with one attached hydrogen (secondary N) is 2.